The van der Waals surface area contributed by atoms with Gasteiger partial charge in [0.05, 0.1) is 10.5 Å². The molecular weight excluding hydrogens is 333 g/mol. The van der Waals surface area contributed by atoms with Gasteiger partial charge in [-0.05, 0) is 43.2 Å². The Balaban J connectivity index is 1.59. The molecule has 1 aliphatic rings. The van der Waals surface area contributed by atoms with E-state index >= 15 is 0 Å². The van der Waals surface area contributed by atoms with E-state index in [9.17, 15) is 17.6 Å². The Hall–Kier alpha value is -2.19. The van der Waals surface area contributed by atoms with Crippen molar-refractivity contribution in [3.63, 3.8) is 0 Å². The van der Waals surface area contributed by atoms with Crippen molar-refractivity contribution in [3.8, 4) is 0 Å². The van der Waals surface area contributed by atoms with Gasteiger partial charge in [0.15, 0.2) is 0 Å². The molecule has 1 aliphatic heterocycles. The Labute approximate surface area is 139 Å². The Morgan fingerprint density at radius 1 is 1.17 bits per heavy atom. The van der Waals surface area contributed by atoms with Crippen LogP contribution in [0.25, 0.3) is 0 Å². The predicted octanol–water partition coefficient (Wildman–Crippen LogP) is 1.74. The molecule has 24 heavy (non-hydrogen) atoms. The summed E-state index contributed by atoms with van der Waals surface area (Å²) in [6.07, 6.45) is 4.41. The van der Waals surface area contributed by atoms with Gasteiger partial charge >= 0.3 is 0 Å². The van der Waals surface area contributed by atoms with Crippen molar-refractivity contribution >= 4 is 15.9 Å². The van der Waals surface area contributed by atoms with Crippen LogP contribution in [0, 0.1) is 5.82 Å². The highest BCUT2D eigenvalue weighted by Crippen LogP contribution is 2.17. The number of aromatic nitrogens is 1. The lowest BCUT2D eigenvalue weighted by Gasteiger charge is -2.32. The first-order valence-corrected chi connectivity index (χ1v) is 9.14. The zero-order valence-corrected chi connectivity index (χ0v) is 13.7. The molecule has 1 aromatic heterocycles. The van der Waals surface area contributed by atoms with Crippen molar-refractivity contribution in [2.45, 2.75) is 23.8 Å². The lowest BCUT2D eigenvalue weighted by Crippen LogP contribution is -2.46. The van der Waals surface area contributed by atoms with Gasteiger partial charge in [-0.15, -0.1) is 0 Å². The van der Waals surface area contributed by atoms with E-state index in [-0.39, 0.29) is 16.8 Å². The molecule has 3 rings (SSSR count). The zero-order valence-electron chi connectivity index (χ0n) is 12.9. The first-order chi connectivity index (χ1) is 11.5. The van der Waals surface area contributed by atoms with Gasteiger partial charge < -0.3 is 9.88 Å². The fourth-order valence-electron chi connectivity index (χ4n) is 2.74. The number of nitrogens with one attached hydrogen (secondary N) is 2. The number of rotatable bonds is 4. The highest BCUT2D eigenvalue weighted by molar-refractivity contribution is 7.89. The monoisotopic (exact) mass is 351 g/mol. The standard InChI is InChI=1S/C16H18FN3O3S/c17-13-1-3-15(4-2-13)24(22,23)19-14-6-9-20(10-7-14)16(21)12-5-8-18-11-12/h1-5,8,11,14,18-19H,6-7,9-10H2. The number of amides is 1. The first-order valence-electron chi connectivity index (χ1n) is 7.66. The second-order valence-corrected chi connectivity index (χ2v) is 7.46. The number of likely N-dealkylation sites (tertiary alicyclic amines) is 1. The normalized spacial score (nSPS) is 16.3. The molecule has 0 bridgehead atoms. The summed E-state index contributed by atoms with van der Waals surface area (Å²) in [5, 5.41) is 0. The van der Waals surface area contributed by atoms with Crippen molar-refractivity contribution in [1.29, 1.82) is 0 Å². The SMILES string of the molecule is O=C(c1cc[nH]c1)N1CCC(NS(=O)(=O)c2ccc(F)cc2)CC1. The highest BCUT2D eigenvalue weighted by atomic mass is 32.2. The number of hydrogen-bond donors (Lipinski definition) is 2. The number of sulfonamides is 1. The minimum atomic E-state index is -3.68. The maximum absolute atomic E-state index is 12.9. The summed E-state index contributed by atoms with van der Waals surface area (Å²) < 4.78 is 40.1. The van der Waals surface area contributed by atoms with Crippen molar-refractivity contribution < 1.29 is 17.6 Å². The van der Waals surface area contributed by atoms with Crippen molar-refractivity contribution in [3.05, 3.63) is 54.1 Å². The topological polar surface area (TPSA) is 82.3 Å². The van der Waals surface area contributed by atoms with Crippen LogP contribution in [-0.2, 0) is 10.0 Å². The summed E-state index contributed by atoms with van der Waals surface area (Å²) in [5.41, 5.74) is 0.598. The lowest BCUT2D eigenvalue weighted by atomic mass is 10.1. The molecule has 1 fully saturated rings. The summed E-state index contributed by atoms with van der Waals surface area (Å²) in [6, 6.07) is 6.19. The second kappa shape index (κ2) is 6.74. The number of carbonyl (C=O) groups excluding carboxylic acids is 1. The van der Waals surface area contributed by atoms with Crippen LogP contribution in [0.4, 0.5) is 4.39 Å². The average molecular weight is 351 g/mol. The molecule has 2 heterocycles. The van der Waals surface area contributed by atoms with Crippen LogP contribution >= 0.6 is 0 Å². The van der Waals surface area contributed by atoms with Gasteiger partial charge in [-0.2, -0.15) is 0 Å². The smallest absolute Gasteiger partial charge is 0.255 e. The molecule has 128 valence electrons. The third kappa shape index (κ3) is 3.65. The van der Waals surface area contributed by atoms with Crippen LogP contribution in [0.3, 0.4) is 0 Å². The Morgan fingerprint density at radius 2 is 1.83 bits per heavy atom. The summed E-state index contributed by atoms with van der Waals surface area (Å²) >= 11 is 0. The van der Waals surface area contributed by atoms with Crippen LogP contribution in [0.2, 0.25) is 0 Å². The molecule has 1 aromatic carbocycles. The van der Waals surface area contributed by atoms with Gasteiger partial charge in [-0.25, -0.2) is 17.5 Å². The molecule has 2 aromatic rings. The van der Waals surface area contributed by atoms with Gasteiger partial charge in [0, 0.05) is 31.5 Å². The van der Waals surface area contributed by atoms with E-state index in [1.54, 1.807) is 23.4 Å². The predicted molar refractivity (Wildman–Crippen MR) is 86.4 cm³/mol. The van der Waals surface area contributed by atoms with E-state index in [2.05, 4.69) is 9.71 Å². The molecule has 0 atom stereocenters. The molecule has 1 amide bonds. The molecular formula is C16H18FN3O3S. The maximum Gasteiger partial charge on any atom is 0.255 e. The van der Waals surface area contributed by atoms with Crippen LogP contribution in [0.5, 0.6) is 0 Å². The lowest BCUT2D eigenvalue weighted by molar-refractivity contribution is 0.0711. The number of hydrogen-bond acceptors (Lipinski definition) is 3. The molecule has 1 saturated heterocycles. The molecule has 8 heteroatoms. The first kappa shape index (κ1) is 16.7. The Kier molecular flexibility index (Phi) is 4.68. The minimum absolute atomic E-state index is 0.0368. The second-order valence-electron chi connectivity index (χ2n) is 5.74. The summed E-state index contributed by atoms with van der Waals surface area (Å²) in [4.78, 5) is 16.8. The maximum atomic E-state index is 12.9. The number of nitrogens with zero attached hydrogens (tertiary/aromatic N) is 1. The number of piperidine rings is 1. The number of aromatic amines is 1. The third-order valence-corrected chi connectivity index (χ3v) is 5.61. The van der Waals surface area contributed by atoms with Crippen molar-refractivity contribution in [1.82, 2.24) is 14.6 Å². The summed E-state index contributed by atoms with van der Waals surface area (Å²) in [7, 11) is -3.68. The summed E-state index contributed by atoms with van der Waals surface area (Å²) in [6.45, 7) is 0.973. The minimum Gasteiger partial charge on any atom is -0.367 e. The highest BCUT2D eigenvalue weighted by Gasteiger charge is 2.27. The number of carbonyl (C=O) groups is 1. The zero-order chi connectivity index (χ0) is 17.2. The van der Waals surface area contributed by atoms with Crippen molar-refractivity contribution in [2.75, 3.05) is 13.1 Å². The van der Waals surface area contributed by atoms with E-state index in [0.717, 1.165) is 12.1 Å². The number of H-pyrrole nitrogens is 1. The molecule has 2 N–H and O–H groups in total. The molecule has 0 spiro atoms. The van der Waals surface area contributed by atoms with Crippen LogP contribution in [-0.4, -0.2) is 43.3 Å². The van der Waals surface area contributed by atoms with E-state index < -0.39 is 15.8 Å². The Bertz CT molecular complexity index is 796. The van der Waals surface area contributed by atoms with E-state index in [1.807, 2.05) is 0 Å². The summed E-state index contributed by atoms with van der Waals surface area (Å²) in [5.74, 6) is -0.540. The van der Waals surface area contributed by atoms with Gasteiger partial charge in [-0.1, -0.05) is 0 Å². The molecule has 0 saturated carbocycles. The number of benzene rings is 1. The fourth-order valence-corrected chi connectivity index (χ4v) is 4.05. The van der Waals surface area contributed by atoms with Crippen LogP contribution < -0.4 is 4.72 Å². The van der Waals surface area contributed by atoms with Gasteiger partial charge in [-0.3, -0.25) is 4.79 Å². The largest absolute Gasteiger partial charge is 0.367 e. The van der Waals surface area contributed by atoms with E-state index in [4.69, 9.17) is 0 Å². The third-order valence-electron chi connectivity index (χ3n) is 4.07. The van der Waals surface area contributed by atoms with E-state index in [1.165, 1.54) is 12.1 Å². The number of halogens is 1. The fraction of sp³-hybridized carbons (Fsp3) is 0.312. The van der Waals surface area contributed by atoms with Crippen LogP contribution in [0.15, 0.2) is 47.6 Å². The van der Waals surface area contributed by atoms with Gasteiger partial charge in [0.2, 0.25) is 10.0 Å². The van der Waals surface area contributed by atoms with E-state index in [0.29, 0.717) is 31.5 Å². The van der Waals surface area contributed by atoms with Crippen molar-refractivity contribution in [2.24, 2.45) is 0 Å². The van der Waals surface area contributed by atoms with Crippen LogP contribution in [0.1, 0.15) is 23.2 Å². The molecule has 0 aliphatic carbocycles. The average Bonchev–Trinajstić information content (AvgIpc) is 3.09. The van der Waals surface area contributed by atoms with Gasteiger partial charge in [0.1, 0.15) is 5.82 Å². The van der Waals surface area contributed by atoms with Gasteiger partial charge in [0.25, 0.3) is 5.91 Å². The molecule has 0 radical (unpaired) electrons. The molecule has 6 nitrogen and oxygen atoms in total. The molecule has 0 unspecified atom stereocenters. The Morgan fingerprint density at radius 3 is 2.42 bits per heavy atom. The quantitative estimate of drug-likeness (QED) is 0.880.